The van der Waals surface area contributed by atoms with Crippen LogP contribution in [0.3, 0.4) is 0 Å². The minimum absolute atomic E-state index is 0.683. The van der Waals surface area contributed by atoms with Crippen LogP contribution < -0.4 is 0 Å². The van der Waals surface area contributed by atoms with E-state index >= 15 is 0 Å². The second-order valence-corrected chi connectivity index (χ2v) is 11.5. The number of para-hydroxylation sites is 2. The number of aromatic nitrogens is 3. The Kier molecular flexibility index (Phi) is 7.23. The van der Waals surface area contributed by atoms with E-state index in [1.807, 2.05) is 55.5 Å². The zero-order chi connectivity index (χ0) is 31.7. The molecule has 5 aromatic carbocycles. The van der Waals surface area contributed by atoms with E-state index in [4.69, 9.17) is 19.4 Å². The Morgan fingerprint density at radius 1 is 0.574 bits per heavy atom. The zero-order valence-corrected chi connectivity index (χ0v) is 26.2. The van der Waals surface area contributed by atoms with Crippen LogP contribution in [-0.2, 0) is 0 Å². The summed E-state index contributed by atoms with van der Waals surface area (Å²) >= 11 is 0. The lowest BCUT2D eigenvalue weighted by atomic mass is 9.97. The summed E-state index contributed by atoms with van der Waals surface area (Å²) in [4.78, 5) is 15.4. The van der Waals surface area contributed by atoms with Gasteiger partial charge in [-0.3, -0.25) is 0 Å². The first kappa shape index (κ1) is 28.4. The van der Waals surface area contributed by atoms with Gasteiger partial charge in [0.05, 0.1) is 28.0 Å². The normalized spacial score (nSPS) is 12.1. The van der Waals surface area contributed by atoms with Crippen molar-refractivity contribution in [1.82, 2.24) is 15.0 Å². The number of fused-ring (bicyclic) bond motifs is 5. The minimum Gasteiger partial charge on any atom is -0.455 e. The largest absolute Gasteiger partial charge is 0.455 e. The Hall–Kier alpha value is -6.13. The summed E-state index contributed by atoms with van der Waals surface area (Å²) in [5.41, 5.74) is 11.5. The van der Waals surface area contributed by atoms with E-state index in [0.717, 1.165) is 83.3 Å². The van der Waals surface area contributed by atoms with Gasteiger partial charge in [-0.15, -0.1) is 0 Å². The predicted octanol–water partition coefficient (Wildman–Crippen LogP) is 11.6. The number of pyridine rings is 1. The first-order valence-electron chi connectivity index (χ1n) is 15.9. The fraction of sp³-hybridized carbons (Fsp3) is 0.0465. The fourth-order valence-corrected chi connectivity index (χ4v) is 6.31. The van der Waals surface area contributed by atoms with Gasteiger partial charge in [-0.1, -0.05) is 133 Å². The third kappa shape index (κ3) is 5.10. The third-order valence-electron chi connectivity index (χ3n) is 8.59. The summed E-state index contributed by atoms with van der Waals surface area (Å²) < 4.78 is 6.53. The Morgan fingerprint density at radius 2 is 1.19 bits per heavy atom. The highest BCUT2D eigenvalue weighted by Crippen LogP contribution is 2.40. The van der Waals surface area contributed by atoms with E-state index in [1.54, 1.807) is 0 Å². The highest BCUT2D eigenvalue weighted by atomic mass is 16.3. The average molecular weight is 606 g/mol. The second kappa shape index (κ2) is 12.0. The van der Waals surface area contributed by atoms with Crippen LogP contribution >= 0.6 is 0 Å². The van der Waals surface area contributed by atoms with Crippen molar-refractivity contribution >= 4 is 38.4 Å². The van der Waals surface area contributed by atoms with Crippen LogP contribution in [0.4, 0.5) is 0 Å². The topological polar surface area (TPSA) is 51.8 Å². The molecule has 0 N–H and O–H groups in total. The van der Waals surface area contributed by atoms with Crippen LogP contribution in [0, 0.1) is 0 Å². The second-order valence-electron chi connectivity index (χ2n) is 11.5. The van der Waals surface area contributed by atoms with Gasteiger partial charge in [0.2, 0.25) is 0 Å². The molecule has 47 heavy (non-hydrogen) atoms. The van der Waals surface area contributed by atoms with Crippen molar-refractivity contribution in [3.8, 4) is 45.0 Å². The molecule has 0 aliphatic carbocycles. The maximum Gasteiger partial charge on any atom is 0.160 e. The summed E-state index contributed by atoms with van der Waals surface area (Å²) in [6, 6.07) is 45.6. The number of nitrogens with zero attached hydrogens (tertiary/aromatic N) is 3. The molecular formula is C43H31N3O. The van der Waals surface area contributed by atoms with Crippen molar-refractivity contribution in [3.63, 3.8) is 0 Å². The summed E-state index contributed by atoms with van der Waals surface area (Å²) in [6.45, 7) is 4.09. The number of hydrogen-bond donors (Lipinski definition) is 0. The number of hydrogen-bond acceptors (Lipinski definition) is 4. The highest BCUT2D eigenvalue weighted by Gasteiger charge is 2.20. The van der Waals surface area contributed by atoms with Crippen LogP contribution in [-0.4, -0.2) is 15.0 Å². The molecule has 0 saturated heterocycles. The van der Waals surface area contributed by atoms with Crippen LogP contribution in [0.5, 0.6) is 0 Å². The molecule has 8 aromatic rings. The molecule has 0 aliphatic heterocycles. The molecular weight excluding hydrogens is 574 g/mol. The molecule has 8 rings (SSSR count). The molecule has 0 radical (unpaired) electrons. The molecule has 4 heteroatoms. The van der Waals surface area contributed by atoms with Gasteiger partial charge in [-0.05, 0) is 43.2 Å². The lowest BCUT2D eigenvalue weighted by molar-refractivity contribution is 0.672. The SMILES string of the molecule is C/C=C\C(=C/C)c1nc2c(-c3ccc(-c4nc(-c5ccccc5)cc(-c5ccccc5)n4)cc3)cccc2c2oc3ccccc3c12. The van der Waals surface area contributed by atoms with E-state index in [9.17, 15) is 0 Å². The summed E-state index contributed by atoms with van der Waals surface area (Å²) in [5.74, 6) is 0.683. The van der Waals surface area contributed by atoms with Crippen molar-refractivity contribution in [2.45, 2.75) is 13.8 Å². The van der Waals surface area contributed by atoms with Gasteiger partial charge in [-0.25, -0.2) is 15.0 Å². The molecule has 0 unspecified atom stereocenters. The molecule has 0 spiro atoms. The Bertz CT molecular complexity index is 2400. The molecule has 3 heterocycles. The van der Waals surface area contributed by atoms with Crippen molar-refractivity contribution in [2.24, 2.45) is 0 Å². The van der Waals surface area contributed by atoms with Gasteiger partial charge in [0.15, 0.2) is 5.82 Å². The number of benzene rings is 5. The summed E-state index contributed by atoms with van der Waals surface area (Å²) in [7, 11) is 0. The van der Waals surface area contributed by atoms with Crippen molar-refractivity contribution < 1.29 is 4.42 Å². The van der Waals surface area contributed by atoms with Crippen LogP contribution in [0.25, 0.3) is 83.4 Å². The van der Waals surface area contributed by atoms with E-state index < -0.39 is 0 Å². The summed E-state index contributed by atoms with van der Waals surface area (Å²) in [6.07, 6.45) is 6.28. The first-order chi connectivity index (χ1) is 23.2. The first-order valence-corrected chi connectivity index (χ1v) is 15.9. The van der Waals surface area contributed by atoms with Crippen LogP contribution in [0.1, 0.15) is 19.5 Å². The maximum atomic E-state index is 6.53. The summed E-state index contributed by atoms with van der Waals surface area (Å²) in [5, 5.41) is 3.10. The number of rotatable bonds is 6. The average Bonchev–Trinajstić information content (AvgIpc) is 3.54. The van der Waals surface area contributed by atoms with Gasteiger partial charge in [0.1, 0.15) is 11.2 Å². The van der Waals surface area contributed by atoms with E-state index in [0.29, 0.717) is 5.82 Å². The molecule has 0 bridgehead atoms. The van der Waals surface area contributed by atoms with E-state index in [1.165, 1.54) is 0 Å². The molecule has 0 amide bonds. The van der Waals surface area contributed by atoms with E-state index in [2.05, 4.69) is 110 Å². The highest BCUT2D eigenvalue weighted by molar-refractivity contribution is 6.19. The van der Waals surface area contributed by atoms with Gasteiger partial charge < -0.3 is 4.42 Å². The fourth-order valence-electron chi connectivity index (χ4n) is 6.31. The number of furan rings is 1. The Balaban J connectivity index is 1.28. The molecule has 0 atom stereocenters. The molecule has 0 saturated carbocycles. The number of allylic oxidation sites excluding steroid dienone is 4. The van der Waals surface area contributed by atoms with Crippen LogP contribution in [0.2, 0.25) is 0 Å². The quantitative estimate of drug-likeness (QED) is 0.177. The van der Waals surface area contributed by atoms with Crippen molar-refractivity contribution in [1.29, 1.82) is 0 Å². The minimum atomic E-state index is 0.683. The van der Waals surface area contributed by atoms with Gasteiger partial charge in [0, 0.05) is 33.0 Å². The Morgan fingerprint density at radius 3 is 1.85 bits per heavy atom. The molecule has 224 valence electrons. The van der Waals surface area contributed by atoms with Crippen molar-refractivity contribution in [2.75, 3.05) is 0 Å². The maximum absolute atomic E-state index is 6.53. The lowest BCUT2D eigenvalue weighted by Gasteiger charge is -2.12. The van der Waals surface area contributed by atoms with Gasteiger partial charge >= 0.3 is 0 Å². The Labute approximate surface area is 273 Å². The smallest absolute Gasteiger partial charge is 0.160 e. The molecule has 3 aromatic heterocycles. The monoisotopic (exact) mass is 605 g/mol. The third-order valence-corrected chi connectivity index (χ3v) is 8.59. The van der Waals surface area contributed by atoms with Gasteiger partial charge in [0.25, 0.3) is 0 Å². The van der Waals surface area contributed by atoms with Crippen molar-refractivity contribution in [3.05, 3.63) is 157 Å². The van der Waals surface area contributed by atoms with Crippen LogP contribution in [0.15, 0.2) is 156 Å². The molecule has 4 nitrogen and oxygen atoms in total. The standard InChI is InChI=1S/C43H31N3O/c1-3-14-28(4-2)40-39-34-19-11-12-22-38(34)47-42(39)35-21-13-20-33(41(35)46-40)29-23-25-32(26-24-29)43-44-36(30-15-7-5-8-16-30)27-37(45-43)31-17-9-6-10-18-31/h3-27H,1-2H3/b14-3-,28-4+. The lowest BCUT2D eigenvalue weighted by Crippen LogP contribution is -1.96. The van der Waals surface area contributed by atoms with E-state index in [-0.39, 0.29) is 0 Å². The van der Waals surface area contributed by atoms with Gasteiger partial charge in [-0.2, -0.15) is 0 Å². The molecule has 0 fully saturated rings. The predicted molar refractivity (Wildman–Crippen MR) is 195 cm³/mol. The molecule has 0 aliphatic rings. The zero-order valence-electron chi connectivity index (χ0n) is 26.2.